The smallest absolute Gasteiger partial charge is 0.237 e. The SMILES string of the molecule is CNC1(C(N)=O)CCN(C(=O)CC2CC2)CC1. The Kier molecular flexibility index (Phi) is 3.38. The summed E-state index contributed by atoms with van der Waals surface area (Å²) in [5.74, 6) is 0.547. The first kappa shape index (κ1) is 12.4. The fraction of sp³-hybridized carbons (Fsp3) is 0.833. The number of amides is 2. The Morgan fingerprint density at radius 3 is 2.35 bits per heavy atom. The van der Waals surface area contributed by atoms with Crippen molar-refractivity contribution in [2.45, 2.75) is 37.6 Å². The van der Waals surface area contributed by atoms with Crippen molar-refractivity contribution in [2.24, 2.45) is 11.7 Å². The lowest BCUT2D eigenvalue weighted by atomic mass is 9.87. The van der Waals surface area contributed by atoms with Crippen LogP contribution in [0.3, 0.4) is 0 Å². The van der Waals surface area contributed by atoms with E-state index in [0.29, 0.717) is 38.3 Å². The fourth-order valence-electron chi connectivity index (χ4n) is 2.46. The van der Waals surface area contributed by atoms with Crippen LogP contribution in [0.15, 0.2) is 0 Å². The molecule has 0 unspecified atom stereocenters. The van der Waals surface area contributed by atoms with Gasteiger partial charge in [-0.25, -0.2) is 0 Å². The highest BCUT2D eigenvalue weighted by Crippen LogP contribution is 2.33. The topological polar surface area (TPSA) is 75.4 Å². The summed E-state index contributed by atoms with van der Waals surface area (Å²) in [5, 5.41) is 3.02. The second-order valence-corrected chi connectivity index (χ2v) is 5.22. The molecule has 2 rings (SSSR count). The minimum atomic E-state index is -0.615. The average Bonchev–Trinajstić information content (AvgIpc) is 3.12. The Balaban J connectivity index is 1.87. The third kappa shape index (κ3) is 2.60. The number of likely N-dealkylation sites (tertiary alicyclic amines) is 1. The number of likely N-dealkylation sites (N-methyl/N-ethyl adjacent to an activating group) is 1. The lowest BCUT2D eigenvalue weighted by Gasteiger charge is -2.39. The summed E-state index contributed by atoms with van der Waals surface area (Å²) in [5.41, 5.74) is 4.81. The molecular formula is C12H21N3O2. The van der Waals surface area contributed by atoms with Gasteiger partial charge >= 0.3 is 0 Å². The van der Waals surface area contributed by atoms with Crippen molar-refractivity contribution >= 4 is 11.8 Å². The van der Waals surface area contributed by atoms with Gasteiger partial charge in [0, 0.05) is 19.5 Å². The highest BCUT2D eigenvalue weighted by molar-refractivity contribution is 5.85. The number of nitrogens with zero attached hydrogens (tertiary/aromatic N) is 1. The van der Waals surface area contributed by atoms with E-state index in [1.165, 1.54) is 12.8 Å². The maximum Gasteiger partial charge on any atom is 0.237 e. The molecule has 1 aliphatic carbocycles. The Hall–Kier alpha value is -1.10. The molecule has 1 aliphatic heterocycles. The monoisotopic (exact) mass is 239 g/mol. The summed E-state index contributed by atoms with van der Waals surface area (Å²) in [6, 6.07) is 0. The van der Waals surface area contributed by atoms with Gasteiger partial charge in [-0.05, 0) is 38.6 Å². The number of piperidine rings is 1. The zero-order valence-electron chi connectivity index (χ0n) is 10.4. The lowest BCUT2D eigenvalue weighted by molar-refractivity contribution is -0.136. The molecule has 0 radical (unpaired) electrons. The third-order valence-corrected chi connectivity index (χ3v) is 4.08. The Morgan fingerprint density at radius 2 is 1.94 bits per heavy atom. The van der Waals surface area contributed by atoms with Gasteiger partial charge in [0.05, 0.1) is 0 Å². The number of carbonyl (C=O) groups excluding carboxylic acids is 2. The van der Waals surface area contributed by atoms with Crippen LogP contribution in [0.4, 0.5) is 0 Å². The molecule has 1 heterocycles. The van der Waals surface area contributed by atoms with Crippen LogP contribution in [-0.2, 0) is 9.59 Å². The molecule has 0 bridgehead atoms. The van der Waals surface area contributed by atoms with Crippen LogP contribution in [0.5, 0.6) is 0 Å². The number of hydrogen-bond donors (Lipinski definition) is 2. The van der Waals surface area contributed by atoms with Gasteiger partial charge in [0.2, 0.25) is 11.8 Å². The molecule has 2 amide bonds. The van der Waals surface area contributed by atoms with Gasteiger partial charge in [-0.1, -0.05) is 0 Å². The first-order valence-corrected chi connectivity index (χ1v) is 6.34. The van der Waals surface area contributed by atoms with E-state index >= 15 is 0 Å². The van der Waals surface area contributed by atoms with Crippen molar-refractivity contribution in [3.63, 3.8) is 0 Å². The predicted molar refractivity (Wildman–Crippen MR) is 64.1 cm³/mol. The quantitative estimate of drug-likeness (QED) is 0.716. The highest BCUT2D eigenvalue weighted by atomic mass is 16.2. The number of carbonyl (C=O) groups is 2. The van der Waals surface area contributed by atoms with Crippen molar-refractivity contribution < 1.29 is 9.59 Å². The second kappa shape index (κ2) is 4.64. The highest BCUT2D eigenvalue weighted by Gasteiger charge is 2.40. The molecule has 96 valence electrons. The summed E-state index contributed by atoms with van der Waals surface area (Å²) in [6.45, 7) is 1.27. The minimum absolute atomic E-state index is 0.238. The summed E-state index contributed by atoms with van der Waals surface area (Å²) in [7, 11) is 1.76. The Bertz CT molecular complexity index is 318. The van der Waals surface area contributed by atoms with Gasteiger partial charge in [-0.3, -0.25) is 9.59 Å². The van der Waals surface area contributed by atoms with Gasteiger partial charge in [-0.2, -0.15) is 0 Å². The molecule has 0 aromatic rings. The van der Waals surface area contributed by atoms with Crippen LogP contribution < -0.4 is 11.1 Å². The number of rotatable bonds is 4. The van der Waals surface area contributed by atoms with Crippen LogP contribution in [0.1, 0.15) is 32.1 Å². The number of primary amides is 1. The summed E-state index contributed by atoms with van der Waals surface area (Å²) < 4.78 is 0. The molecule has 17 heavy (non-hydrogen) atoms. The predicted octanol–water partition coefficient (Wildman–Crippen LogP) is -0.148. The van der Waals surface area contributed by atoms with E-state index in [9.17, 15) is 9.59 Å². The van der Waals surface area contributed by atoms with Crippen molar-refractivity contribution in [2.75, 3.05) is 20.1 Å². The summed E-state index contributed by atoms with van der Waals surface area (Å²) in [4.78, 5) is 25.2. The maximum absolute atomic E-state index is 11.9. The zero-order chi connectivity index (χ0) is 12.5. The molecular weight excluding hydrogens is 218 g/mol. The molecule has 0 aromatic heterocycles. The van der Waals surface area contributed by atoms with Gasteiger partial charge in [0.1, 0.15) is 5.54 Å². The summed E-state index contributed by atoms with van der Waals surface area (Å²) >= 11 is 0. The van der Waals surface area contributed by atoms with E-state index in [-0.39, 0.29) is 11.8 Å². The molecule has 0 atom stereocenters. The Morgan fingerprint density at radius 1 is 1.35 bits per heavy atom. The number of nitrogens with two attached hydrogens (primary N) is 1. The number of hydrogen-bond acceptors (Lipinski definition) is 3. The van der Waals surface area contributed by atoms with Crippen LogP contribution >= 0.6 is 0 Å². The van der Waals surface area contributed by atoms with E-state index in [0.717, 1.165) is 0 Å². The van der Waals surface area contributed by atoms with E-state index in [1.54, 1.807) is 7.05 Å². The second-order valence-electron chi connectivity index (χ2n) is 5.22. The number of nitrogens with one attached hydrogen (secondary N) is 1. The molecule has 5 nitrogen and oxygen atoms in total. The third-order valence-electron chi connectivity index (χ3n) is 4.08. The van der Waals surface area contributed by atoms with E-state index < -0.39 is 5.54 Å². The van der Waals surface area contributed by atoms with Crippen molar-refractivity contribution in [1.82, 2.24) is 10.2 Å². The molecule has 0 spiro atoms. The van der Waals surface area contributed by atoms with E-state index in [4.69, 9.17) is 5.73 Å². The van der Waals surface area contributed by atoms with Crippen LogP contribution in [-0.4, -0.2) is 42.4 Å². The molecule has 3 N–H and O–H groups in total. The molecule has 2 aliphatic rings. The van der Waals surface area contributed by atoms with Gasteiger partial charge in [0.25, 0.3) is 0 Å². The van der Waals surface area contributed by atoms with Gasteiger partial charge in [-0.15, -0.1) is 0 Å². The van der Waals surface area contributed by atoms with Crippen LogP contribution in [0.25, 0.3) is 0 Å². The van der Waals surface area contributed by atoms with Crippen LogP contribution in [0.2, 0.25) is 0 Å². The van der Waals surface area contributed by atoms with Crippen molar-refractivity contribution in [3.05, 3.63) is 0 Å². The molecule has 0 aromatic carbocycles. The largest absolute Gasteiger partial charge is 0.368 e. The first-order chi connectivity index (χ1) is 8.07. The van der Waals surface area contributed by atoms with E-state index in [1.807, 2.05) is 4.90 Å². The molecule has 1 saturated heterocycles. The minimum Gasteiger partial charge on any atom is -0.368 e. The average molecular weight is 239 g/mol. The van der Waals surface area contributed by atoms with E-state index in [2.05, 4.69) is 5.32 Å². The standard InChI is InChI=1S/C12H21N3O2/c1-14-12(11(13)17)4-6-15(7-5-12)10(16)8-9-2-3-9/h9,14H,2-8H2,1H3,(H2,13,17). The molecule has 1 saturated carbocycles. The molecule has 5 heteroatoms. The van der Waals surface area contributed by atoms with Gasteiger partial charge < -0.3 is 16.0 Å². The first-order valence-electron chi connectivity index (χ1n) is 6.34. The molecule has 2 fully saturated rings. The normalized spacial score (nSPS) is 23.5. The van der Waals surface area contributed by atoms with Crippen molar-refractivity contribution in [3.8, 4) is 0 Å². The zero-order valence-corrected chi connectivity index (χ0v) is 10.4. The lowest BCUT2D eigenvalue weighted by Crippen LogP contribution is -2.60. The summed E-state index contributed by atoms with van der Waals surface area (Å²) in [6.07, 6.45) is 4.32. The van der Waals surface area contributed by atoms with Crippen molar-refractivity contribution in [1.29, 1.82) is 0 Å². The maximum atomic E-state index is 11.9. The Labute approximate surface area is 102 Å². The van der Waals surface area contributed by atoms with Gasteiger partial charge in [0.15, 0.2) is 0 Å². The fourth-order valence-corrected chi connectivity index (χ4v) is 2.46. The van der Waals surface area contributed by atoms with Crippen LogP contribution in [0, 0.1) is 5.92 Å².